The van der Waals surface area contributed by atoms with Gasteiger partial charge in [0.1, 0.15) is 11.3 Å². The van der Waals surface area contributed by atoms with Gasteiger partial charge in [-0.05, 0) is 51.5 Å². The first-order chi connectivity index (χ1) is 16.2. The molecule has 10 heteroatoms. The van der Waals surface area contributed by atoms with Crippen LogP contribution in [0.3, 0.4) is 0 Å². The van der Waals surface area contributed by atoms with E-state index in [2.05, 4.69) is 5.32 Å². The van der Waals surface area contributed by atoms with E-state index in [-0.39, 0.29) is 29.4 Å². The normalized spacial score (nSPS) is 10.6. The average molecular weight is 473 g/mol. The molecule has 34 heavy (non-hydrogen) atoms. The molecule has 0 unspecified atom stereocenters. The van der Waals surface area contributed by atoms with Crippen molar-refractivity contribution in [3.05, 3.63) is 46.7 Å². The average Bonchev–Trinajstić information content (AvgIpc) is 3.13. The molecule has 1 heterocycles. The zero-order chi connectivity index (χ0) is 25.3. The van der Waals surface area contributed by atoms with Gasteiger partial charge in [-0.15, -0.1) is 0 Å². The number of ketones is 1. The molecule has 0 aliphatic carbocycles. The first-order valence-corrected chi connectivity index (χ1v) is 10.5. The molecule has 1 N–H and O–H groups in total. The number of aryl methyl sites for hydroxylation is 1. The Labute approximate surface area is 196 Å². The van der Waals surface area contributed by atoms with E-state index in [4.69, 9.17) is 23.4 Å². The van der Waals surface area contributed by atoms with Gasteiger partial charge in [0.15, 0.2) is 23.9 Å². The molecule has 0 bridgehead atoms. The van der Waals surface area contributed by atoms with Crippen LogP contribution in [0.15, 0.2) is 28.7 Å². The van der Waals surface area contributed by atoms with E-state index in [1.165, 1.54) is 27.0 Å². The van der Waals surface area contributed by atoms with Gasteiger partial charge in [0.25, 0.3) is 5.91 Å². The molecule has 0 atom stereocenters. The summed E-state index contributed by atoms with van der Waals surface area (Å²) in [4.78, 5) is 48.5. The minimum Gasteiger partial charge on any atom is -0.493 e. The zero-order valence-corrected chi connectivity index (χ0v) is 19.7. The Hall–Kier alpha value is -4.08. The van der Waals surface area contributed by atoms with Crippen LogP contribution in [0.2, 0.25) is 0 Å². The minimum atomic E-state index is -0.814. The molecule has 0 saturated heterocycles. The minimum absolute atomic E-state index is 0.0134. The predicted molar refractivity (Wildman–Crippen MR) is 122 cm³/mol. The topological polar surface area (TPSA) is 130 Å². The van der Waals surface area contributed by atoms with Crippen LogP contribution >= 0.6 is 0 Å². The standard InChI is InChI=1S/C24H27NO9/c1-6-31-17-10-8-16(12-18(17)30-5)9-11-20(28)33-13-19(27)25-23-22(24(29)32-7-2)21(14(3)26)15(4)34-23/h8-12H,6-7,13H2,1-5H3,(H,25,27)/b11-9+. The number of amides is 1. The maximum absolute atomic E-state index is 12.3. The van der Waals surface area contributed by atoms with E-state index in [9.17, 15) is 19.2 Å². The molecule has 1 aromatic carbocycles. The summed E-state index contributed by atoms with van der Waals surface area (Å²) in [6.07, 6.45) is 2.64. The summed E-state index contributed by atoms with van der Waals surface area (Å²) in [5.74, 6) is -1.79. The number of Topliss-reactive ketones (excluding diaryl/α,β-unsaturated/α-hetero) is 1. The van der Waals surface area contributed by atoms with E-state index in [1.54, 1.807) is 25.1 Å². The second-order valence-electron chi connectivity index (χ2n) is 6.85. The smallest absolute Gasteiger partial charge is 0.344 e. The summed E-state index contributed by atoms with van der Waals surface area (Å²) in [6.45, 7) is 6.11. The highest BCUT2D eigenvalue weighted by molar-refractivity contribution is 6.10. The lowest BCUT2D eigenvalue weighted by atomic mass is 10.1. The molecule has 2 rings (SSSR count). The number of methoxy groups -OCH3 is 1. The number of carbonyl (C=O) groups is 4. The lowest BCUT2D eigenvalue weighted by Gasteiger charge is -2.09. The highest BCUT2D eigenvalue weighted by Crippen LogP contribution is 2.29. The van der Waals surface area contributed by atoms with Crippen LogP contribution in [-0.4, -0.2) is 50.6 Å². The highest BCUT2D eigenvalue weighted by Gasteiger charge is 2.28. The van der Waals surface area contributed by atoms with Crippen LogP contribution in [0.5, 0.6) is 11.5 Å². The number of furan rings is 1. The van der Waals surface area contributed by atoms with Gasteiger partial charge in [-0.2, -0.15) is 0 Å². The van der Waals surface area contributed by atoms with Gasteiger partial charge in [0.05, 0.1) is 25.9 Å². The van der Waals surface area contributed by atoms with Crippen molar-refractivity contribution >= 4 is 35.6 Å². The Morgan fingerprint density at radius 2 is 1.76 bits per heavy atom. The van der Waals surface area contributed by atoms with Crippen molar-refractivity contribution in [2.45, 2.75) is 27.7 Å². The molecule has 1 aromatic heterocycles. The zero-order valence-electron chi connectivity index (χ0n) is 19.7. The number of esters is 2. The third-order valence-electron chi connectivity index (χ3n) is 4.41. The van der Waals surface area contributed by atoms with Crippen LogP contribution in [0.4, 0.5) is 5.88 Å². The highest BCUT2D eigenvalue weighted by atomic mass is 16.5. The summed E-state index contributed by atoms with van der Waals surface area (Å²) >= 11 is 0. The second kappa shape index (κ2) is 12.2. The molecule has 2 aromatic rings. The summed E-state index contributed by atoms with van der Waals surface area (Å²) in [6, 6.07) is 5.12. The van der Waals surface area contributed by atoms with Crippen LogP contribution in [-0.2, 0) is 19.1 Å². The first kappa shape index (κ1) is 26.2. The van der Waals surface area contributed by atoms with Crippen molar-refractivity contribution in [3.63, 3.8) is 0 Å². The van der Waals surface area contributed by atoms with Crippen LogP contribution in [0, 0.1) is 6.92 Å². The maximum atomic E-state index is 12.3. The van der Waals surface area contributed by atoms with Crippen molar-refractivity contribution < 1.29 is 42.5 Å². The summed E-state index contributed by atoms with van der Waals surface area (Å²) < 4.78 is 26.0. The largest absolute Gasteiger partial charge is 0.493 e. The molecule has 0 spiro atoms. The number of hydrogen-bond donors (Lipinski definition) is 1. The van der Waals surface area contributed by atoms with Crippen LogP contribution in [0.25, 0.3) is 6.08 Å². The van der Waals surface area contributed by atoms with Crippen molar-refractivity contribution in [2.75, 3.05) is 32.2 Å². The number of hydrogen-bond acceptors (Lipinski definition) is 9. The molecule has 0 fully saturated rings. The fourth-order valence-electron chi connectivity index (χ4n) is 3.03. The van der Waals surface area contributed by atoms with E-state index >= 15 is 0 Å². The molecule has 0 radical (unpaired) electrons. The Bertz CT molecular complexity index is 1100. The first-order valence-electron chi connectivity index (χ1n) is 10.5. The van der Waals surface area contributed by atoms with Gasteiger partial charge in [-0.3, -0.25) is 14.9 Å². The summed E-state index contributed by atoms with van der Waals surface area (Å²) in [5, 5.41) is 2.34. The Balaban J connectivity index is 2.03. The van der Waals surface area contributed by atoms with E-state index in [1.807, 2.05) is 6.92 Å². The maximum Gasteiger partial charge on any atom is 0.344 e. The lowest BCUT2D eigenvalue weighted by Crippen LogP contribution is -2.21. The molecular formula is C24H27NO9. The van der Waals surface area contributed by atoms with Gasteiger partial charge in [0, 0.05) is 6.08 Å². The molecule has 1 amide bonds. The molecule has 10 nitrogen and oxygen atoms in total. The van der Waals surface area contributed by atoms with Gasteiger partial charge >= 0.3 is 11.9 Å². The molecule has 182 valence electrons. The summed E-state index contributed by atoms with van der Waals surface area (Å²) in [5.41, 5.74) is 0.485. The summed E-state index contributed by atoms with van der Waals surface area (Å²) in [7, 11) is 1.51. The molecule has 0 aliphatic heterocycles. The van der Waals surface area contributed by atoms with E-state index < -0.39 is 30.2 Å². The van der Waals surface area contributed by atoms with Crippen molar-refractivity contribution in [1.29, 1.82) is 0 Å². The van der Waals surface area contributed by atoms with Crippen molar-refractivity contribution in [2.24, 2.45) is 0 Å². The van der Waals surface area contributed by atoms with E-state index in [0.29, 0.717) is 23.7 Å². The third kappa shape index (κ3) is 6.71. The predicted octanol–water partition coefficient (Wildman–Crippen LogP) is 3.57. The number of rotatable bonds is 11. The van der Waals surface area contributed by atoms with Crippen molar-refractivity contribution in [3.8, 4) is 11.5 Å². The third-order valence-corrected chi connectivity index (χ3v) is 4.41. The van der Waals surface area contributed by atoms with Crippen LogP contribution < -0.4 is 14.8 Å². The second-order valence-corrected chi connectivity index (χ2v) is 6.85. The molecule has 0 saturated carbocycles. The van der Waals surface area contributed by atoms with Gasteiger partial charge in [0.2, 0.25) is 5.88 Å². The number of anilines is 1. The van der Waals surface area contributed by atoms with Gasteiger partial charge in [-0.1, -0.05) is 6.07 Å². The number of benzene rings is 1. The number of ether oxygens (including phenoxy) is 4. The van der Waals surface area contributed by atoms with Gasteiger partial charge < -0.3 is 23.4 Å². The van der Waals surface area contributed by atoms with Crippen molar-refractivity contribution in [1.82, 2.24) is 0 Å². The van der Waals surface area contributed by atoms with Gasteiger partial charge in [-0.25, -0.2) is 9.59 Å². The van der Waals surface area contributed by atoms with Crippen LogP contribution in [0.1, 0.15) is 52.8 Å². The lowest BCUT2D eigenvalue weighted by molar-refractivity contribution is -0.142. The SMILES string of the molecule is CCOC(=O)c1c(NC(=O)COC(=O)/C=C/c2ccc(OCC)c(OC)c2)oc(C)c1C(C)=O. The fourth-order valence-corrected chi connectivity index (χ4v) is 3.03. The molecule has 0 aliphatic rings. The molecular weight excluding hydrogens is 446 g/mol. The Morgan fingerprint density at radius 1 is 1.03 bits per heavy atom. The number of carbonyl (C=O) groups excluding carboxylic acids is 4. The Kier molecular flexibility index (Phi) is 9.42. The Morgan fingerprint density at radius 3 is 2.38 bits per heavy atom. The monoisotopic (exact) mass is 473 g/mol. The quantitative estimate of drug-likeness (QED) is 0.296. The van der Waals surface area contributed by atoms with E-state index in [0.717, 1.165) is 6.08 Å². The number of nitrogens with one attached hydrogen (secondary N) is 1. The fraction of sp³-hybridized carbons (Fsp3) is 0.333.